The van der Waals surface area contributed by atoms with E-state index in [1.54, 1.807) is 0 Å². The first kappa shape index (κ1) is 15.9. The highest BCUT2D eigenvalue weighted by atomic mass is 16.3. The first-order valence-corrected chi connectivity index (χ1v) is 7.50. The summed E-state index contributed by atoms with van der Waals surface area (Å²) >= 11 is 0. The maximum Gasteiger partial charge on any atom is 0.0746 e. The molecular formula is C15H31NO2. The first-order valence-electron chi connectivity index (χ1n) is 7.50. The van der Waals surface area contributed by atoms with Crippen molar-refractivity contribution in [1.29, 1.82) is 0 Å². The van der Waals surface area contributed by atoms with Gasteiger partial charge in [0.15, 0.2) is 0 Å². The van der Waals surface area contributed by atoms with Crippen LogP contribution >= 0.6 is 0 Å². The van der Waals surface area contributed by atoms with E-state index < -0.39 is 5.60 Å². The van der Waals surface area contributed by atoms with Crippen LogP contribution in [0.2, 0.25) is 0 Å². The molecule has 18 heavy (non-hydrogen) atoms. The number of nitrogens with one attached hydrogen (secondary N) is 1. The highest BCUT2D eigenvalue weighted by Gasteiger charge is 2.22. The molecule has 108 valence electrons. The lowest BCUT2D eigenvalue weighted by atomic mass is 9.94. The number of hydrogen-bond acceptors (Lipinski definition) is 3. The fourth-order valence-electron chi connectivity index (χ4n) is 3.17. The van der Waals surface area contributed by atoms with Crippen molar-refractivity contribution in [2.45, 2.75) is 71.0 Å². The van der Waals surface area contributed by atoms with E-state index in [9.17, 15) is 10.2 Å². The van der Waals surface area contributed by atoms with Crippen LogP contribution < -0.4 is 5.32 Å². The molecule has 3 N–H and O–H groups in total. The Bertz CT molecular complexity index is 223. The predicted octanol–water partition coefficient (Wildman–Crippen LogP) is 2.31. The molecule has 1 fully saturated rings. The SMILES string of the molecule is CC(C)CC(C)(O)CNCC(O)CC1CCCC1. The Balaban J connectivity index is 2.12. The average molecular weight is 257 g/mol. The van der Waals surface area contributed by atoms with Crippen molar-refractivity contribution in [2.75, 3.05) is 13.1 Å². The van der Waals surface area contributed by atoms with Crippen molar-refractivity contribution in [1.82, 2.24) is 5.32 Å². The predicted molar refractivity (Wildman–Crippen MR) is 75.5 cm³/mol. The Hall–Kier alpha value is -0.120. The molecule has 2 unspecified atom stereocenters. The highest BCUT2D eigenvalue weighted by Crippen LogP contribution is 2.28. The molecule has 1 rings (SSSR count). The monoisotopic (exact) mass is 257 g/mol. The lowest BCUT2D eigenvalue weighted by Gasteiger charge is -2.26. The number of hydrogen-bond donors (Lipinski definition) is 3. The molecule has 1 aliphatic rings. The minimum atomic E-state index is -0.665. The minimum Gasteiger partial charge on any atom is -0.392 e. The molecule has 0 amide bonds. The van der Waals surface area contributed by atoms with Gasteiger partial charge in [0.2, 0.25) is 0 Å². The Kier molecular flexibility index (Phi) is 6.61. The van der Waals surface area contributed by atoms with Crippen molar-refractivity contribution in [3.8, 4) is 0 Å². The number of aliphatic hydroxyl groups is 2. The van der Waals surface area contributed by atoms with Crippen molar-refractivity contribution >= 4 is 0 Å². The zero-order valence-corrected chi connectivity index (χ0v) is 12.3. The summed E-state index contributed by atoms with van der Waals surface area (Å²) < 4.78 is 0. The van der Waals surface area contributed by atoms with E-state index in [2.05, 4.69) is 19.2 Å². The van der Waals surface area contributed by atoms with Crippen LogP contribution in [-0.4, -0.2) is 35.0 Å². The standard InChI is InChI=1S/C15H31NO2/c1-12(2)9-15(3,18)11-16-10-14(17)8-13-6-4-5-7-13/h12-14,16-18H,4-11H2,1-3H3. The zero-order chi connectivity index (χ0) is 13.6. The summed E-state index contributed by atoms with van der Waals surface area (Å²) in [5, 5.41) is 23.3. The number of rotatable bonds is 8. The van der Waals surface area contributed by atoms with Gasteiger partial charge in [-0.25, -0.2) is 0 Å². The molecule has 0 aromatic carbocycles. The van der Waals surface area contributed by atoms with Crippen molar-refractivity contribution in [3.05, 3.63) is 0 Å². The molecule has 0 aromatic heterocycles. The van der Waals surface area contributed by atoms with Gasteiger partial charge < -0.3 is 15.5 Å². The molecule has 0 aliphatic heterocycles. The van der Waals surface area contributed by atoms with Crippen molar-refractivity contribution in [2.24, 2.45) is 11.8 Å². The fourth-order valence-corrected chi connectivity index (χ4v) is 3.17. The van der Waals surface area contributed by atoms with Gasteiger partial charge in [-0.15, -0.1) is 0 Å². The van der Waals surface area contributed by atoms with Crippen LogP contribution in [0, 0.1) is 11.8 Å². The molecule has 1 aliphatic carbocycles. The molecule has 0 bridgehead atoms. The minimum absolute atomic E-state index is 0.261. The smallest absolute Gasteiger partial charge is 0.0746 e. The third-order valence-electron chi connectivity index (χ3n) is 3.81. The van der Waals surface area contributed by atoms with Crippen LogP contribution in [0.3, 0.4) is 0 Å². The van der Waals surface area contributed by atoms with Crippen LogP contribution in [0.1, 0.15) is 59.3 Å². The molecule has 3 heteroatoms. The van der Waals surface area contributed by atoms with E-state index in [0.717, 1.165) is 18.8 Å². The zero-order valence-electron chi connectivity index (χ0n) is 12.3. The van der Waals surface area contributed by atoms with Gasteiger partial charge in [-0.3, -0.25) is 0 Å². The topological polar surface area (TPSA) is 52.5 Å². The first-order chi connectivity index (χ1) is 8.39. The van der Waals surface area contributed by atoms with Gasteiger partial charge in [-0.1, -0.05) is 39.5 Å². The van der Waals surface area contributed by atoms with E-state index in [0.29, 0.717) is 19.0 Å². The lowest BCUT2D eigenvalue weighted by molar-refractivity contribution is 0.0343. The molecule has 0 spiro atoms. The molecule has 2 atom stereocenters. The highest BCUT2D eigenvalue weighted by molar-refractivity contribution is 4.78. The van der Waals surface area contributed by atoms with Gasteiger partial charge in [0.25, 0.3) is 0 Å². The van der Waals surface area contributed by atoms with Gasteiger partial charge in [0, 0.05) is 13.1 Å². The molecule has 1 saturated carbocycles. The third kappa shape index (κ3) is 6.72. The van der Waals surface area contributed by atoms with Crippen LogP contribution in [0.25, 0.3) is 0 Å². The summed E-state index contributed by atoms with van der Waals surface area (Å²) in [6.45, 7) is 7.26. The second kappa shape index (κ2) is 7.46. The van der Waals surface area contributed by atoms with Gasteiger partial charge in [0.05, 0.1) is 11.7 Å². The van der Waals surface area contributed by atoms with Crippen LogP contribution in [0.4, 0.5) is 0 Å². The normalized spacial score (nSPS) is 22.3. The summed E-state index contributed by atoms with van der Waals surface area (Å²) in [4.78, 5) is 0. The summed E-state index contributed by atoms with van der Waals surface area (Å²) in [6.07, 6.45) is 6.66. The van der Waals surface area contributed by atoms with Crippen LogP contribution in [-0.2, 0) is 0 Å². The molecule has 0 aromatic rings. The van der Waals surface area contributed by atoms with Crippen molar-refractivity contribution in [3.63, 3.8) is 0 Å². The van der Waals surface area contributed by atoms with Crippen LogP contribution in [0.15, 0.2) is 0 Å². The second-order valence-corrected chi connectivity index (χ2v) is 6.77. The fraction of sp³-hybridized carbons (Fsp3) is 1.00. The molecule has 0 radical (unpaired) electrons. The summed E-state index contributed by atoms with van der Waals surface area (Å²) in [6, 6.07) is 0. The molecule has 3 nitrogen and oxygen atoms in total. The number of aliphatic hydroxyl groups excluding tert-OH is 1. The van der Waals surface area contributed by atoms with Gasteiger partial charge >= 0.3 is 0 Å². The third-order valence-corrected chi connectivity index (χ3v) is 3.81. The van der Waals surface area contributed by atoms with E-state index in [1.807, 2.05) is 6.92 Å². The van der Waals surface area contributed by atoms with Gasteiger partial charge in [0.1, 0.15) is 0 Å². The average Bonchev–Trinajstić information content (AvgIpc) is 2.67. The largest absolute Gasteiger partial charge is 0.392 e. The Morgan fingerprint density at radius 3 is 2.44 bits per heavy atom. The molecule has 0 saturated heterocycles. The van der Waals surface area contributed by atoms with Crippen LogP contribution in [0.5, 0.6) is 0 Å². The maximum absolute atomic E-state index is 10.1. The Morgan fingerprint density at radius 2 is 1.89 bits per heavy atom. The Morgan fingerprint density at radius 1 is 1.28 bits per heavy atom. The molecular weight excluding hydrogens is 226 g/mol. The summed E-state index contributed by atoms with van der Waals surface area (Å²) in [7, 11) is 0. The van der Waals surface area contributed by atoms with E-state index in [4.69, 9.17) is 0 Å². The van der Waals surface area contributed by atoms with E-state index in [-0.39, 0.29) is 6.10 Å². The van der Waals surface area contributed by atoms with E-state index >= 15 is 0 Å². The van der Waals surface area contributed by atoms with Crippen molar-refractivity contribution < 1.29 is 10.2 Å². The summed E-state index contributed by atoms with van der Waals surface area (Å²) in [5.74, 6) is 1.21. The second-order valence-electron chi connectivity index (χ2n) is 6.77. The summed E-state index contributed by atoms with van der Waals surface area (Å²) in [5.41, 5.74) is -0.665. The Labute approximate surface area is 112 Å². The van der Waals surface area contributed by atoms with Gasteiger partial charge in [-0.05, 0) is 31.6 Å². The van der Waals surface area contributed by atoms with E-state index in [1.165, 1.54) is 25.7 Å². The van der Waals surface area contributed by atoms with Gasteiger partial charge in [-0.2, -0.15) is 0 Å². The lowest BCUT2D eigenvalue weighted by Crippen LogP contribution is -2.41. The molecule has 0 heterocycles. The quantitative estimate of drug-likeness (QED) is 0.625. The maximum atomic E-state index is 10.1.